The fraction of sp³-hybridized carbons (Fsp3) is 0.0690. The van der Waals surface area contributed by atoms with Crippen LogP contribution in [0.2, 0.25) is 0 Å². The number of ether oxygens (including phenoxy) is 1. The monoisotopic (exact) mass is 554 g/mol. The third-order valence-corrected chi connectivity index (χ3v) is 8.14. The van der Waals surface area contributed by atoms with Crippen molar-refractivity contribution in [2.45, 2.75) is 19.9 Å². The molecule has 5 nitrogen and oxygen atoms in total. The van der Waals surface area contributed by atoms with Gasteiger partial charge in [0.2, 0.25) is 0 Å². The maximum absolute atomic E-state index is 12.7. The van der Waals surface area contributed by atoms with E-state index in [2.05, 4.69) is 102 Å². The van der Waals surface area contributed by atoms with Crippen molar-refractivity contribution in [3.05, 3.63) is 133 Å². The molecule has 0 aliphatic rings. The minimum Gasteiger partial charge on any atom is -0.743 e. The molecule has 0 saturated heterocycles. The Bertz CT molecular complexity index is 1340. The van der Waals surface area contributed by atoms with Gasteiger partial charge in [-0.3, -0.25) is 0 Å². The molecule has 4 aromatic rings. The summed E-state index contributed by atoms with van der Waals surface area (Å²) in [6, 6.07) is 37.7. The maximum atomic E-state index is 12.7. The number of esters is 1. The van der Waals surface area contributed by atoms with E-state index in [9.17, 15) is 26.5 Å². The van der Waals surface area contributed by atoms with Crippen LogP contribution in [0.3, 0.4) is 0 Å². The van der Waals surface area contributed by atoms with Crippen LogP contribution in [0.5, 0.6) is 0 Å². The summed E-state index contributed by atoms with van der Waals surface area (Å²) in [5.41, 5.74) is 0.647. The third kappa shape index (κ3) is 7.85. The van der Waals surface area contributed by atoms with Crippen molar-refractivity contribution in [2.24, 2.45) is 0 Å². The molecule has 0 fully saturated rings. The van der Waals surface area contributed by atoms with Crippen LogP contribution < -0.4 is 0 Å². The van der Waals surface area contributed by atoms with E-state index in [1.165, 1.54) is 45.0 Å². The Labute approximate surface area is 223 Å². The molecular formula is C29H24F2O5S2. The van der Waals surface area contributed by atoms with Gasteiger partial charge in [0, 0.05) is 0 Å². The lowest BCUT2D eigenvalue weighted by atomic mass is 10.1. The molecule has 0 aromatic heterocycles. The fourth-order valence-electron chi connectivity index (χ4n) is 3.14. The van der Waals surface area contributed by atoms with E-state index in [1.54, 1.807) is 0 Å². The van der Waals surface area contributed by atoms with Gasteiger partial charge in [-0.1, -0.05) is 79.4 Å². The Balaban J connectivity index is 0.000000211. The zero-order valence-corrected chi connectivity index (χ0v) is 21.7. The quantitative estimate of drug-likeness (QED) is 0.143. The largest absolute Gasteiger partial charge is 0.743 e. The Hall–Kier alpha value is -3.79. The Kier molecular flexibility index (Phi) is 9.95. The second-order valence-electron chi connectivity index (χ2n) is 7.74. The highest BCUT2D eigenvalue weighted by Gasteiger charge is 2.39. The van der Waals surface area contributed by atoms with E-state index in [0.717, 1.165) is 0 Å². The Morgan fingerprint density at radius 1 is 0.789 bits per heavy atom. The van der Waals surface area contributed by atoms with Gasteiger partial charge < -0.3 is 9.29 Å². The predicted octanol–water partition coefficient (Wildman–Crippen LogP) is 6.41. The maximum Gasteiger partial charge on any atom is 0.367 e. The number of hydrogen-bond acceptors (Lipinski definition) is 5. The van der Waals surface area contributed by atoms with Gasteiger partial charge in [-0.25, -0.2) is 13.2 Å². The molecule has 0 atom stereocenters. The summed E-state index contributed by atoms with van der Waals surface area (Å²) >= 11 is 0. The first-order valence-corrected chi connectivity index (χ1v) is 13.9. The second kappa shape index (κ2) is 13.1. The molecule has 0 aliphatic carbocycles. The minimum atomic E-state index is -5.86. The van der Waals surface area contributed by atoms with E-state index in [-0.39, 0.29) is 16.5 Å². The molecule has 0 heterocycles. The zero-order valence-electron chi connectivity index (χ0n) is 20.1. The van der Waals surface area contributed by atoms with Gasteiger partial charge in [-0.05, 0) is 54.1 Å². The average molecular weight is 555 g/mol. The van der Waals surface area contributed by atoms with E-state index >= 15 is 0 Å². The van der Waals surface area contributed by atoms with Crippen LogP contribution in [0, 0.1) is 0 Å². The van der Waals surface area contributed by atoms with Crippen molar-refractivity contribution in [2.75, 3.05) is 6.61 Å². The summed E-state index contributed by atoms with van der Waals surface area (Å²) < 4.78 is 60.1. The van der Waals surface area contributed by atoms with E-state index in [0.29, 0.717) is 5.56 Å². The topological polar surface area (TPSA) is 83.5 Å². The lowest BCUT2D eigenvalue weighted by Gasteiger charge is -2.19. The molecule has 0 spiro atoms. The summed E-state index contributed by atoms with van der Waals surface area (Å²) in [6.07, 6.45) is 1.51. The molecule has 4 aromatic carbocycles. The van der Waals surface area contributed by atoms with Crippen LogP contribution in [-0.4, -0.2) is 30.8 Å². The number of carbonyl (C=O) groups excluding carboxylic acids is 1. The normalized spacial score (nSPS) is 11.3. The van der Waals surface area contributed by atoms with Crippen LogP contribution in [0.4, 0.5) is 8.78 Å². The van der Waals surface area contributed by atoms with Crippen molar-refractivity contribution in [1.29, 1.82) is 0 Å². The van der Waals surface area contributed by atoms with Gasteiger partial charge in [-0.15, -0.1) is 0 Å². The first kappa shape index (κ1) is 28.8. The molecule has 0 saturated carbocycles. The number of hydrogen-bond donors (Lipinski definition) is 0. The lowest BCUT2D eigenvalue weighted by Crippen LogP contribution is -2.34. The Morgan fingerprint density at radius 3 is 1.53 bits per heavy atom. The Morgan fingerprint density at radius 2 is 1.18 bits per heavy atom. The van der Waals surface area contributed by atoms with Crippen LogP contribution in [0.15, 0.2) is 137 Å². The summed E-state index contributed by atoms with van der Waals surface area (Å²) in [5.74, 6) is -1.15. The lowest BCUT2D eigenvalue weighted by molar-refractivity contribution is -0.00996. The van der Waals surface area contributed by atoms with Gasteiger partial charge in [-0.2, -0.15) is 8.78 Å². The van der Waals surface area contributed by atoms with E-state index < -0.39 is 27.9 Å². The van der Waals surface area contributed by atoms with Crippen molar-refractivity contribution < 1.29 is 31.3 Å². The minimum absolute atomic E-state index is 0.0146. The number of benzene rings is 4. The molecule has 0 aliphatic heterocycles. The number of alkyl halides is 2. The van der Waals surface area contributed by atoms with Crippen LogP contribution in [0.25, 0.3) is 6.08 Å². The summed E-state index contributed by atoms with van der Waals surface area (Å²) in [5, 5.41) is -4.65. The van der Waals surface area contributed by atoms with Crippen molar-refractivity contribution >= 4 is 33.1 Å². The highest BCUT2D eigenvalue weighted by atomic mass is 32.2. The van der Waals surface area contributed by atoms with Gasteiger partial charge in [0.05, 0.1) is 16.5 Å². The van der Waals surface area contributed by atoms with E-state index in [1.807, 2.05) is 0 Å². The van der Waals surface area contributed by atoms with E-state index in [4.69, 9.17) is 0 Å². The van der Waals surface area contributed by atoms with Crippen LogP contribution in [-0.2, 0) is 25.7 Å². The molecule has 9 heteroatoms. The third-order valence-electron chi connectivity index (χ3n) is 5.06. The highest BCUT2D eigenvalue weighted by molar-refractivity contribution is 7.97. The standard InChI is InChI=1S/C18H15S.C11H10F2O5S/c1-4-10-16(11-5-1)19(17-12-6-2-7-13-17)18-14-8-3-9-15-18;1-2-8-3-5-9(6-4-8)10(14)18-7-11(12,13)19(15,16)17/h1-15H;2-6H,1,7H2,(H,15,16,17)/q+1;/p-1. The number of rotatable bonds is 8. The molecular weight excluding hydrogens is 530 g/mol. The molecule has 38 heavy (non-hydrogen) atoms. The second-order valence-corrected chi connectivity index (χ2v) is 11.3. The van der Waals surface area contributed by atoms with Gasteiger partial charge >= 0.3 is 11.2 Å². The molecule has 0 unspecified atom stereocenters. The number of carbonyl (C=O) groups is 1. The van der Waals surface area contributed by atoms with Crippen LogP contribution >= 0.6 is 0 Å². The smallest absolute Gasteiger partial charge is 0.367 e. The highest BCUT2D eigenvalue weighted by Crippen LogP contribution is 2.30. The van der Waals surface area contributed by atoms with Crippen molar-refractivity contribution in [3.63, 3.8) is 0 Å². The van der Waals surface area contributed by atoms with Gasteiger partial charge in [0.1, 0.15) is 0 Å². The molecule has 0 radical (unpaired) electrons. The molecule has 196 valence electrons. The summed E-state index contributed by atoms with van der Waals surface area (Å²) in [6.45, 7) is 1.67. The first-order valence-electron chi connectivity index (χ1n) is 11.2. The number of halogens is 2. The zero-order chi connectivity index (χ0) is 27.6. The van der Waals surface area contributed by atoms with Gasteiger partial charge in [0.25, 0.3) is 0 Å². The molecule has 0 bridgehead atoms. The first-order chi connectivity index (χ1) is 18.1. The van der Waals surface area contributed by atoms with Gasteiger partial charge in [0.15, 0.2) is 31.4 Å². The summed E-state index contributed by atoms with van der Waals surface area (Å²) in [4.78, 5) is 15.4. The van der Waals surface area contributed by atoms with Crippen molar-refractivity contribution in [3.8, 4) is 0 Å². The molecule has 0 amide bonds. The van der Waals surface area contributed by atoms with Crippen LogP contribution in [0.1, 0.15) is 15.9 Å². The molecule has 0 N–H and O–H groups in total. The average Bonchev–Trinajstić information content (AvgIpc) is 2.93. The predicted molar refractivity (Wildman–Crippen MR) is 143 cm³/mol. The van der Waals surface area contributed by atoms with Crippen molar-refractivity contribution in [1.82, 2.24) is 0 Å². The SMILES string of the molecule is C=Cc1ccc(C(=O)OCC(F)(F)S(=O)(=O)[O-])cc1.c1ccc([S+](c2ccccc2)c2ccccc2)cc1. The summed E-state index contributed by atoms with van der Waals surface area (Å²) in [7, 11) is -5.88. The molecule has 4 rings (SSSR count). The fourth-order valence-corrected chi connectivity index (χ4v) is 5.45.